The van der Waals surface area contributed by atoms with E-state index >= 15 is 0 Å². The molecule has 104 valence electrons. The maximum atomic E-state index is 11.5. The molecule has 2 rings (SSSR count). The van der Waals surface area contributed by atoms with Crippen LogP contribution < -0.4 is 16.0 Å². The van der Waals surface area contributed by atoms with Crippen LogP contribution in [0.3, 0.4) is 0 Å². The van der Waals surface area contributed by atoms with E-state index in [4.69, 9.17) is 0 Å². The Labute approximate surface area is 115 Å². The number of amides is 1. The fourth-order valence-electron chi connectivity index (χ4n) is 2.48. The monoisotopic (exact) mass is 261 g/mol. The fourth-order valence-corrected chi connectivity index (χ4v) is 2.48. The van der Waals surface area contributed by atoms with Crippen molar-refractivity contribution < 1.29 is 4.79 Å². The summed E-state index contributed by atoms with van der Waals surface area (Å²) < 4.78 is 0. The number of carbonyl (C=O) groups is 1. The van der Waals surface area contributed by atoms with Gasteiger partial charge in [-0.05, 0) is 50.1 Å². The van der Waals surface area contributed by atoms with E-state index in [0.29, 0.717) is 11.6 Å². The summed E-state index contributed by atoms with van der Waals surface area (Å²) in [5, 5.41) is 9.64. The Kier molecular flexibility index (Phi) is 4.80. The molecule has 1 aliphatic rings. The highest BCUT2D eigenvalue weighted by molar-refractivity contribution is 5.94. The second-order valence-electron chi connectivity index (χ2n) is 5.14. The van der Waals surface area contributed by atoms with E-state index in [-0.39, 0.29) is 5.91 Å². The van der Waals surface area contributed by atoms with Gasteiger partial charge in [-0.1, -0.05) is 6.42 Å². The molecule has 1 aromatic rings. The number of nitrogens with one attached hydrogen (secondary N) is 3. The number of hydrogen-bond donors (Lipinski definition) is 3. The van der Waals surface area contributed by atoms with Crippen LogP contribution in [0.5, 0.6) is 0 Å². The van der Waals surface area contributed by atoms with E-state index in [9.17, 15) is 4.79 Å². The minimum absolute atomic E-state index is 0.0383. The number of piperidine rings is 1. The lowest BCUT2D eigenvalue weighted by molar-refractivity contribution is 0.0963. The number of hydrogen-bond acceptors (Lipinski definition) is 3. The minimum atomic E-state index is -0.0383. The zero-order valence-corrected chi connectivity index (χ0v) is 11.8. The van der Waals surface area contributed by atoms with Crippen molar-refractivity contribution in [2.45, 2.75) is 32.2 Å². The molecular weight excluding hydrogens is 238 g/mol. The van der Waals surface area contributed by atoms with Gasteiger partial charge in [-0.2, -0.15) is 0 Å². The van der Waals surface area contributed by atoms with Gasteiger partial charge in [0.25, 0.3) is 5.91 Å². The quantitative estimate of drug-likeness (QED) is 0.776. The Morgan fingerprint density at radius 1 is 1.42 bits per heavy atom. The first-order valence-electron chi connectivity index (χ1n) is 7.00. The second-order valence-corrected chi connectivity index (χ2v) is 5.14. The molecule has 0 bridgehead atoms. The van der Waals surface area contributed by atoms with E-state index in [1.54, 1.807) is 7.05 Å². The van der Waals surface area contributed by atoms with E-state index < -0.39 is 0 Å². The molecule has 19 heavy (non-hydrogen) atoms. The van der Waals surface area contributed by atoms with Gasteiger partial charge in [0.05, 0.1) is 0 Å². The Bertz CT molecular complexity index is 439. The predicted octanol–water partition coefficient (Wildman–Crippen LogP) is 1.91. The number of aryl methyl sites for hydroxylation is 1. The third-order valence-corrected chi connectivity index (χ3v) is 3.67. The summed E-state index contributed by atoms with van der Waals surface area (Å²) >= 11 is 0. The van der Waals surface area contributed by atoms with Crippen LogP contribution >= 0.6 is 0 Å². The van der Waals surface area contributed by atoms with Gasteiger partial charge in [0.2, 0.25) is 0 Å². The van der Waals surface area contributed by atoms with Crippen molar-refractivity contribution in [1.82, 2.24) is 10.6 Å². The molecule has 0 radical (unpaired) electrons. The van der Waals surface area contributed by atoms with Crippen molar-refractivity contribution in [1.29, 1.82) is 0 Å². The van der Waals surface area contributed by atoms with Crippen LogP contribution in [-0.4, -0.2) is 32.1 Å². The SMILES string of the molecule is CNC(=O)c1ccc(NCC2CCCCN2)c(C)c1. The molecule has 1 aromatic carbocycles. The second kappa shape index (κ2) is 6.57. The number of benzene rings is 1. The van der Waals surface area contributed by atoms with Crippen molar-refractivity contribution >= 4 is 11.6 Å². The Balaban J connectivity index is 1.95. The van der Waals surface area contributed by atoms with Crippen LogP contribution in [0.1, 0.15) is 35.2 Å². The van der Waals surface area contributed by atoms with Crippen LogP contribution in [-0.2, 0) is 0 Å². The Morgan fingerprint density at radius 2 is 2.26 bits per heavy atom. The molecule has 1 fully saturated rings. The topological polar surface area (TPSA) is 53.2 Å². The molecule has 0 saturated carbocycles. The molecule has 1 saturated heterocycles. The molecular formula is C15H23N3O. The number of rotatable bonds is 4. The van der Waals surface area contributed by atoms with Gasteiger partial charge in [-0.25, -0.2) is 0 Å². The molecule has 1 amide bonds. The zero-order valence-electron chi connectivity index (χ0n) is 11.8. The van der Waals surface area contributed by atoms with Crippen molar-refractivity contribution in [3.8, 4) is 0 Å². The van der Waals surface area contributed by atoms with Crippen molar-refractivity contribution in [2.24, 2.45) is 0 Å². The van der Waals surface area contributed by atoms with Gasteiger partial charge < -0.3 is 16.0 Å². The summed E-state index contributed by atoms with van der Waals surface area (Å²) in [6.07, 6.45) is 3.84. The zero-order chi connectivity index (χ0) is 13.7. The van der Waals surface area contributed by atoms with Crippen LogP contribution in [0.15, 0.2) is 18.2 Å². The lowest BCUT2D eigenvalue weighted by Gasteiger charge is -2.24. The highest BCUT2D eigenvalue weighted by Crippen LogP contribution is 2.17. The highest BCUT2D eigenvalue weighted by atomic mass is 16.1. The van der Waals surface area contributed by atoms with Gasteiger partial charge >= 0.3 is 0 Å². The summed E-state index contributed by atoms with van der Waals surface area (Å²) in [6.45, 7) is 4.10. The lowest BCUT2D eigenvalue weighted by Crippen LogP contribution is -2.39. The van der Waals surface area contributed by atoms with Crippen molar-refractivity contribution in [2.75, 3.05) is 25.5 Å². The largest absolute Gasteiger partial charge is 0.383 e. The summed E-state index contributed by atoms with van der Waals surface area (Å²) in [5.41, 5.74) is 2.93. The number of carbonyl (C=O) groups excluding carboxylic acids is 1. The maximum absolute atomic E-state index is 11.5. The van der Waals surface area contributed by atoms with Gasteiger partial charge in [0, 0.05) is 30.9 Å². The van der Waals surface area contributed by atoms with Crippen LogP contribution in [0.25, 0.3) is 0 Å². The first kappa shape index (κ1) is 13.9. The smallest absolute Gasteiger partial charge is 0.251 e. The summed E-state index contributed by atoms with van der Waals surface area (Å²) in [7, 11) is 1.65. The standard InChI is InChI=1S/C15H23N3O/c1-11-9-12(15(19)16-2)6-7-14(11)18-10-13-5-3-4-8-17-13/h6-7,9,13,17-18H,3-5,8,10H2,1-2H3,(H,16,19). The van der Waals surface area contributed by atoms with Crippen LogP contribution in [0.4, 0.5) is 5.69 Å². The molecule has 1 unspecified atom stereocenters. The summed E-state index contributed by atoms with van der Waals surface area (Å²) in [5.74, 6) is -0.0383. The average molecular weight is 261 g/mol. The van der Waals surface area contributed by atoms with Gasteiger partial charge in [0.15, 0.2) is 0 Å². The molecule has 0 aromatic heterocycles. The van der Waals surface area contributed by atoms with E-state index in [1.165, 1.54) is 19.3 Å². The Morgan fingerprint density at radius 3 is 2.89 bits per heavy atom. The summed E-state index contributed by atoms with van der Waals surface area (Å²) in [6, 6.07) is 6.34. The molecule has 0 spiro atoms. The summed E-state index contributed by atoms with van der Waals surface area (Å²) in [4.78, 5) is 11.5. The van der Waals surface area contributed by atoms with Crippen LogP contribution in [0, 0.1) is 6.92 Å². The third kappa shape index (κ3) is 3.70. The molecule has 1 atom stereocenters. The van der Waals surface area contributed by atoms with E-state index in [2.05, 4.69) is 16.0 Å². The molecule has 1 aliphatic heterocycles. The molecule has 4 nitrogen and oxygen atoms in total. The lowest BCUT2D eigenvalue weighted by atomic mass is 10.0. The van der Waals surface area contributed by atoms with Gasteiger partial charge in [-0.3, -0.25) is 4.79 Å². The minimum Gasteiger partial charge on any atom is -0.383 e. The molecule has 4 heteroatoms. The van der Waals surface area contributed by atoms with E-state index in [0.717, 1.165) is 24.3 Å². The van der Waals surface area contributed by atoms with Gasteiger partial charge in [0.1, 0.15) is 0 Å². The molecule has 3 N–H and O–H groups in total. The average Bonchev–Trinajstić information content (AvgIpc) is 2.46. The maximum Gasteiger partial charge on any atom is 0.251 e. The highest BCUT2D eigenvalue weighted by Gasteiger charge is 2.12. The van der Waals surface area contributed by atoms with Crippen molar-refractivity contribution in [3.63, 3.8) is 0 Å². The predicted molar refractivity (Wildman–Crippen MR) is 78.7 cm³/mol. The van der Waals surface area contributed by atoms with Crippen LogP contribution in [0.2, 0.25) is 0 Å². The fraction of sp³-hybridized carbons (Fsp3) is 0.533. The van der Waals surface area contributed by atoms with Crippen molar-refractivity contribution in [3.05, 3.63) is 29.3 Å². The number of anilines is 1. The van der Waals surface area contributed by atoms with E-state index in [1.807, 2.05) is 25.1 Å². The normalized spacial score (nSPS) is 18.9. The molecule has 1 heterocycles. The van der Waals surface area contributed by atoms with Gasteiger partial charge in [-0.15, -0.1) is 0 Å². The first-order chi connectivity index (χ1) is 9.20. The third-order valence-electron chi connectivity index (χ3n) is 3.67. The first-order valence-corrected chi connectivity index (χ1v) is 7.00. The Hall–Kier alpha value is -1.55. The molecule has 0 aliphatic carbocycles.